The van der Waals surface area contributed by atoms with Crippen LogP contribution in [0.3, 0.4) is 0 Å². The predicted molar refractivity (Wildman–Crippen MR) is 91.0 cm³/mol. The number of hydrogen-bond donors (Lipinski definition) is 2. The van der Waals surface area contributed by atoms with E-state index in [2.05, 4.69) is 41.5 Å². The Labute approximate surface area is 144 Å². The summed E-state index contributed by atoms with van der Waals surface area (Å²) in [5, 5.41) is 0. The molecule has 0 amide bonds. The zero-order valence-corrected chi connectivity index (χ0v) is 18.4. The van der Waals surface area contributed by atoms with Gasteiger partial charge in [0.2, 0.25) is 0 Å². The maximum absolute atomic E-state index is 10.4. The van der Waals surface area contributed by atoms with E-state index in [0.29, 0.717) is 24.4 Å². The normalized spacial score (nSPS) is 13.9. The SMILES string of the molecule is CC(C)C[O][Ti]([OH])([OH])[O][Si](CC(C)C)(CC(C)C)CC(C)C. The molecule has 0 aliphatic rings. The topological polar surface area (TPSA) is 58.9 Å². The standard InChI is InChI=1S/C12H27OSi.C4H9O.2H2O.Ti/c1-10(2)7-14(13,8-11(3)4)9-12(5)6;1-4(2)3-5;;;/h10-12H,7-9H2,1-6H3;4H,3H2,1-2H3;2*1H2;/q2*-1;;;+4/p-2. The summed E-state index contributed by atoms with van der Waals surface area (Å²) in [6, 6.07) is 2.88. The van der Waals surface area contributed by atoms with Crippen molar-refractivity contribution in [2.24, 2.45) is 23.7 Å². The Morgan fingerprint density at radius 2 is 1.09 bits per heavy atom. The first-order chi connectivity index (χ1) is 9.87. The third-order valence-corrected chi connectivity index (χ3v) is 12.8. The molecule has 0 heterocycles. The van der Waals surface area contributed by atoms with Crippen LogP contribution in [0.1, 0.15) is 55.4 Å². The van der Waals surface area contributed by atoms with Gasteiger partial charge in [-0.2, -0.15) is 0 Å². The summed E-state index contributed by atoms with van der Waals surface area (Å²) in [4.78, 5) is 0. The summed E-state index contributed by atoms with van der Waals surface area (Å²) in [6.07, 6.45) is 0. The second-order valence-corrected chi connectivity index (χ2v) is 15.2. The van der Waals surface area contributed by atoms with Crippen molar-refractivity contribution in [1.82, 2.24) is 0 Å². The van der Waals surface area contributed by atoms with Crippen molar-refractivity contribution >= 4 is 8.32 Å². The summed E-state index contributed by atoms with van der Waals surface area (Å²) >= 11 is -4.59. The quantitative estimate of drug-likeness (QED) is 0.530. The minimum atomic E-state index is -4.59. The number of hydrogen-bond acceptors (Lipinski definition) is 4. The fraction of sp³-hybridized carbons (Fsp3) is 1.00. The van der Waals surface area contributed by atoms with Gasteiger partial charge in [0.1, 0.15) is 0 Å². The Bertz CT molecular complexity index is 280. The fourth-order valence-corrected chi connectivity index (χ4v) is 14.0. The molecule has 0 aromatic carbocycles. The van der Waals surface area contributed by atoms with Gasteiger partial charge in [0, 0.05) is 0 Å². The Morgan fingerprint density at radius 3 is 1.36 bits per heavy atom. The summed E-state index contributed by atoms with van der Waals surface area (Å²) in [7, 11) is -2.23. The molecule has 0 spiro atoms. The Hall–Kier alpha value is 0.771. The number of rotatable bonds is 11. The van der Waals surface area contributed by atoms with Gasteiger partial charge in [-0.1, -0.05) is 0 Å². The van der Waals surface area contributed by atoms with Crippen molar-refractivity contribution in [3.8, 4) is 0 Å². The van der Waals surface area contributed by atoms with Crippen molar-refractivity contribution in [3.63, 3.8) is 0 Å². The van der Waals surface area contributed by atoms with Crippen LogP contribution in [0.4, 0.5) is 0 Å². The Morgan fingerprint density at radius 1 is 0.727 bits per heavy atom. The second kappa shape index (κ2) is 9.92. The molecule has 0 radical (unpaired) electrons. The molecule has 134 valence electrons. The van der Waals surface area contributed by atoms with Gasteiger partial charge in [0.15, 0.2) is 0 Å². The molecule has 6 heteroatoms. The van der Waals surface area contributed by atoms with Crippen LogP contribution in [0.15, 0.2) is 0 Å². The molecule has 0 bridgehead atoms. The Kier molecular flexibility index (Phi) is 10.3. The van der Waals surface area contributed by atoms with E-state index >= 15 is 0 Å². The molecular weight excluding hydrogens is 332 g/mol. The molecule has 0 aliphatic heterocycles. The van der Waals surface area contributed by atoms with Gasteiger partial charge in [0.05, 0.1) is 0 Å². The average molecular weight is 370 g/mol. The fourth-order valence-electron chi connectivity index (χ4n) is 3.19. The zero-order chi connectivity index (χ0) is 17.6. The van der Waals surface area contributed by atoms with Crippen molar-refractivity contribution in [2.75, 3.05) is 6.61 Å². The molecule has 0 saturated heterocycles. The van der Waals surface area contributed by atoms with E-state index in [1.54, 1.807) is 0 Å². The van der Waals surface area contributed by atoms with Gasteiger partial charge in [-0.3, -0.25) is 0 Å². The summed E-state index contributed by atoms with van der Waals surface area (Å²) in [5.41, 5.74) is 0. The van der Waals surface area contributed by atoms with E-state index in [4.69, 9.17) is 6.33 Å². The van der Waals surface area contributed by atoms with Crippen LogP contribution >= 0.6 is 0 Å². The van der Waals surface area contributed by atoms with Gasteiger partial charge >= 0.3 is 144 Å². The molecule has 0 fully saturated rings. The summed E-state index contributed by atoms with van der Waals surface area (Å²) in [6.45, 7) is 17.5. The van der Waals surface area contributed by atoms with Crippen molar-refractivity contribution in [2.45, 2.75) is 73.5 Å². The first kappa shape index (κ1) is 22.8. The van der Waals surface area contributed by atoms with Crippen LogP contribution in [0.2, 0.25) is 18.1 Å². The molecule has 0 aromatic heterocycles. The predicted octanol–water partition coefficient (Wildman–Crippen LogP) is 4.39. The molecule has 22 heavy (non-hydrogen) atoms. The van der Waals surface area contributed by atoms with Gasteiger partial charge in [0.25, 0.3) is 0 Å². The van der Waals surface area contributed by atoms with Crippen molar-refractivity contribution in [3.05, 3.63) is 0 Å². The molecule has 0 unspecified atom stereocenters. The van der Waals surface area contributed by atoms with E-state index in [0.717, 1.165) is 18.1 Å². The molecule has 2 N–H and O–H groups in total. The van der Waals surface area contributed by atoms with Crippen molar-refractivity contribution < 1.29 is 31.8 Å². The van der Waals surface area contributed by atoms with Gasteiger partial charge in [-0.25, -0.2) is 0 Å². The zero-order valence-electron chi connectivity index (χ0n) is 15.8. The molecular formula is C16H38O4SiTi. The van der Waals surface area contributed by atoms with E-state index in [1.165, 1.54) is 0 Å². The first-order valence-corrected chi connectivity index (χ1v) is 13.9. The first-order valence-electron chi connectivity index (χ1n) is 8.66. The van der Waals surface area contributed by atoms with Crippen LogP contribution < -0.4 is 0 Å². The van der Waals surface area contributed by atoms with E-state index in [9.17, 15) is 7.38 Å². The van der Waals surface area contributed by atoms with Gasteiger partial charge < -0.3 is 0 Å². The van der Waals surface area contributed by atoms with Crippen LogP contribution in [0.25, 0.3) is 0 Å². The molecule has 0 atom stereocenters. The van der Waals surface area contributed by atoms with Crippen LogP contribution in [0.5, 0.6) is 0 Å². The molecule has 0 rings (SSSR count). The van der Waals surface area contributed by atoms with E-state index < -0.39 is 26.5 Å². The van der Waals surface area contributed by atoms with Gasteiger partial charge in [-0.05, 0) is 0 Å². The average Bonchev–Trinajstić information content (AvgIpc) is 2.21. The van der Waals surface area contributed by atoms with Crippen LogP contribution in [-0.4, -0.2) is 22.3 Å². The molecule has 4 nitrogen and oxygen atoms in total. The Balaban J connectivity index is 5.23. The second-order valence-electron chi connectivity index (χ2n) is 8.33. The van der Waals surface area contributed by atoms with E-state index in [1.807, 2.05) is 13.8 Å². The molecule has 0 aromatic rings. The monoisotopic (exact) mass is 370 g/mol. The summed E-state index contributed by atoms with van der Waals surface area (Å²) in [5.74, 6) is 1.75. The van der Waals surface area contributed by atoms with Crippen LogP contribution in [0, 0.1) is 23.7 Å². The van der Waals surface area contributed by atoms with E-state index in [-0.39, 0.29) is 5.92 Å². The minimum absolute atomic E-state index is 0.268. The third-order valence-electron chi connectivity index (χ3n) is 3.29. The van der Waals surface area contributed by atoms with Gasteiger partial charge in [-0.15, -0.1) is 0 Å². The third kappa shape index (κ3) is 10.5. The summed E-state index contributed by atoms with van der Waals surface area (Å²) < 4.78 is 32.3. The molecule has 0 saturated carbocycles. The maximum atomic E-state index is 10.4. The van der Waals surface area contributed by atoms with Crippen molar-refractivity contribution in [1.29, 1.82) is 0 Å². The molecule has 0 aliphatic carbocycles. The van der Waals surface area contributed by atoms with Crippen LogP contribution in [-0.2, 0) is 24.5 Å².